The van der Waals surface area contributed by atoms with Crippen molar-refractivity contribution < 1.29 is 33.3 Å². The van der Waals surface area contributed by atoms with Crippen molar-refractivity contribution in [2.45, 2.75) is 78.6 Å². The number of aromatic nitrogens is 1. The Balaban J connectivity index is 1.61. The molecule has 0 radical (unpaired) electrons. The predicted molar refractivity (Wildman–Crippen MR) is 141 cm³/mol. The molecule has 0 bridgehead atoms. The smallest absolute Gasteiger partial charge is 0.345 e. The summed E-state index contributed by atoms with van der Waals surface area (Å²) >= 11 is 0. The number of ether oxygens (including phenoxy) is 3. The second-order valence-corrected chi connectivity index (χ2v) is 12.2. The molecule has 1 N–H and O–H groups in total. The van der Waals surface area contributed by atoms with E-state index in [4.69, 9.17) is 18.6 Å². The molecular weight excluding hydrogens is 502 g/mol. The number of aliphatic hydroxyl groups is 1. The third-order valence-corrected chi connectivity index (χ3v) is 9.90. The van der Waals surface area contributed by atoms with Crippen molar-refractivity contribution >= 4 is 11.9 Å². The van der Waals surface area contributed by atoms with Crippen LogP contribution >= 0.6 is 0 Å². The second kappa shape index (κ2) is 9.47. The largest absolute Gasteiger partial charge is 0.486 e. The Labute approximate surface area is 227 Å². The zero-order chi connectivity index (χ0) is 28.3. The van der Waals surface area contributed by atoms with Crippen molar-refractivity contribution in [1.82, 2.24) is 4.98 Å². The lowest BCUT2D eigenvalue weighted by atomic mass is 9.41. The van der Waals surface area contributed by atoms with Gasteiger partial charge in [-0.1, -0.05) is 20.8 Å². The predicted octanol–water partition coefficient (Wildman–Crippen LogP) is 4.46. The molecular formula is C30H37NO8. The molecule has 3 heterocycles. The molecule has 0 saturated heterocycles. The normalized spacial score (nSPS) is 36.9. The monoisotopic (exact) mass is 539 g/mol. The van der Waals surface area contributed by atoms with Crippen molar-refractivity contribution in [1.29, 1.82) is 0 Å². The third kappa shape index (κ3) is 4.26. The summed E-state index contributed by atoms with van der Waals surface area (Å²) in [6, 6.07) is 5.22. The lowest BCUT2D eigenvalue weighted by molar-refractivity contribution is -0.253. The van der Waals surface area contributed by atoms with Gasteiger partial charge in [0.25, 0.3) is 0 Å². The number of hydrogen-bond donors (Lipinski definition) is 1. The Bertz CT molecular complexity index is 1340. The number of pyridine rings is 1. The van der Waals surface area contributed by atoms with Crippen LogP contribution in [0.3, 0.4) is 0 Å². The second-order valence-electron chi connectivity index (χ2n) is 12.2. The molecule has 2 saturated carbocycles. The Morgan fingerprint density at radius 2 is 1.95 bits per heavy atom. The van der Waals surface area contributed by atoms with E-state index in [0.717, 1.165) is 0 Å². The van der Waals surface area contributed by atoms with Crippen molar-refractivity contribution in [3.8, 4) is 17.1 Å². The van der Waals surface area contributed by atoms with Gasteiger partial charge in [-0.15, -0.1) is 0 Å². The Morgan fingerprint density at radius 1 is 1.21 bits per heavy atom. The topological polar surface area (TPSA) is 125 Å². The van der Waals surface area contributed by atoms with Crippen molar-refractivity contribution in [2.24, 2.45) is 28.6 Å². The minimum absolute atomic E-state index is 0.0507. The van der Waals surface area contributed by atoms with Crippen LogP contribution in [0.5, 0.6) is 5.75 Å². The molecule has 9 heteroatoms. The van der Waals surface area contributed by atoms with Gasteiger partial charge in [-0.3, -0.25) is 14.6 Å². The van der Waals surface area contributed by atoms with Crippen LogP contribution in [0.1, 0.15) is 72.5 Å². The fourth-order valence-electron chi connectivity index (χ4n) is 7.95. The van der Waals surface area contributed by atoms with E-state index in [0.29, 0.717) is 36.3 Å². The van der Waals surface area contributed by atoms with Crippen LogP contribution in [0.2, 0.25) is 0 Å². The third-order valence-electron chi connectivity index (χ3n) is 9.90. The van der Waals surface area contributed by atoms with Crippen LogP contribution in [0.25, 0.3) is 11.3 Å². The van der Waals surface area contributed by atoms with E-state index in [9.17, 15) is 19.5 Å². The quantitative estimate of drug-likeness (QED) is 0.561. The lowest BCUT2D eigenvalue weighted by Crippen LogP contribution is -2.69. The Hall–Kier alpha value is -3.20. The number of esters is 2. The molecule has 9 nitrogen and oxygen atoms in total. The average molecular weight is 540 g/mol. The summed E-state index contributed by atoms with van der Waals surface area (Å²) in [5, 5.41) is 12.0. The van der Waals surface area contributed by atoms with E-state index < -0.39 is 46.2 Å². The summed E-state index contributed by atoms with van der Waals surface area (Å²) in [5.41, 5.74) is -1.92. The van der Waals surface area contributed by atoms with Crippen molar-refractivity contribution in [2.75, 3.05) is 6.61 Å². The number of aliphatic hydroxyl groups excluding tert-OH is 1. The highest BCUT2D eigenvalue weighted by Gasteiger charge is 2.69. The Morgan fingerprint density at radius 3 is 2.59 bits per heavy atom. The molecule has 2 aromatic heterocycles. The van der Waals surface area contributed by atoms with Gasteiger partial charge in [0.2, 0.25) is 0 Å². The highest BCUT2D eigenvalue weighted by Crippen LogP contribution is 2.68. The maximum absolute atomic E-state index is 13.3. The Kier molecular flexibility index (Phi) is 6.64. The maximum atomic E-state index is 13.3. The van der Waals surface area contributed by atoms with E-state index >= 15 is 0 Å². The summed E-state index contributed by atoms with van der Waals surface area (Å²) < 4.78 is 23.7. The molecule has 1 aliphatic heterocycles. The van der Waals surface area contributed by atoms with Gasteiger partial charge in [-0.05, 0) is 55.6 Å². The summed E-state index contributed by atoms with van der Waals surface area (Å²) in [6.07, 6.45) is 3.50. The van der Waals surface area contributed by atoms with E-state index in [2.05, 4.69) is 18.8 Å². The van der Waals surface area contributed by atoms with Crippen LogP contribution in [0, 0.1) is 28.6 Å². The van der Waals surface area contributed by atoms with E-state index in [1.807, 2.05) is 13.8 Å². The zero-order valence-corrected chi connectivity index (χ0v) is 23.4. The van der Waals surface area contributed by atoms with Gasteiger partial charge in [-0.2, -0.15) is 0 Å². The highest BCUT2D eigenvalue weighted by molar-refractivity contribution is 5.67. The maximum Gasteiger partial charge on any atom is 0.345 e. The van der Waals surface area contributed by atoms with Gasteiger partial charge in [0.05, 0.1) is 6.10 Å². The zero-order valence-electron chi connectivity index (χ0n) is 23.4. The molecule has 5 rings (SSSR count). The van der Waals surface area contributed by atoms with E-state index in [-0.39, 0.29) is 30.0 Å². The SMILES string of the molecule is CC(=O)OC[C@@]1(C)C2C[C@@H](C)[C@@]3(C)Oc4cc(-c5cccnc5)oc(=O)c4[C@H](O)C3[C@@]2(C)CC[C@@H]1OC(C)=O. The molecule has 0 amide bonds. The minimum atomic E-state index is -1.14. The first kappa shape index (κ1) is 27.4. The van der Waals surface area contributed by atoms with Crippen LogP contribution in [0.4, 0.5) is 0 Å². The van der Waals surface area contributed by atoms with Gasteiger partial charge in [0.1, 0.15) is 35.4 Å². The van der Waals surface area contributed by atoms with E-state index in [1.165, 1.54) is 13.8 Å². The van der Waals surface area contributed by atoms with Gasteiger partial charge >= 0.3 is 17.6 Å². The van der Waals surface area contributed by atoms with Crippen LogP contribution in [-0.2, 0) is 19.1 Å². The fraction of sp³-hybridized carbons (Fsp3) is 0.600. The first-order valence-electron chi connectivity index (χ1n) is 13.6. The molecule has 2 unspecified atom stereocenters. The van der Waals surface area contributed by atoms with Gasteiger partial charge in [0.15, 0.2) is 0 Å². The van der Waals surface area contributed by atoms with Crippen molar-refractivity contribution in [3.63, 3.8) is 0 Å². The number of carbonyl (C=O) groups excluding carboxylic acids is 2. The molecule has 2 fully saturated rings. The van der Waals surface area contributed by atoms with Gasteiger partial charge in [0, 0.05) is 49.2 Å². The molecule has 8 atom stereocenters. The van der Waals surface area contributed by atoms with Gasteiger partial charge < -0.3 is 23.7 Å². The van der Waals surface area contributed by atoms with Crippen LogP contribution < -0.4 is 10.4 Å². The number of nitrogens with zero attached hydrogens (tertiary/aromatic N) is 1. The molecule has 2 aliphatic carbocycles. The molecule has 2 aromatic rings. The molecule has 39 heavy (non-hydrogen) atoms. The molecule has 0 aromatic carbocycles. The number of carbonyl (C=O) groups is 2. The standard InChI is InChI=1S/C30H37NO8/c1-16-12-22-28(4,10-9-23(37-18(3)33)29(22,5)15-36-17(2)32)26-25(34)24-21(39-30(16,26)6)13-20(38-27(24)35)19-8-7-11-31-14-19/h7-8,11,13-14,16,22-23,25-26,34H,9-10,12,15H2,1-6H3/t16-,22?,23+,25+,26?,28+,29+,30-/m1/s1. The summed E-state index contributed by atoms with van der Waals surface area (Å²) in [5.74, 6) is -0.763. The average Bonchev–Trinajstić information content (AvgIpc) is 2.86. The molecule has 0 spiro atoms. The number of fused-ring (bicyclic) bond motifs is 4. The number of rotatable bonds is 4. The number of hydrogen-bond acceptors (Lipinski definition) is 9. The molecule has 210 valence electrons. The van der Waals surface area contributed by atoms with Gasteiger partial charge in [-0.25, -0.2) is 4.79 Å². The minimum Gasteiger partial charge on any atom is -0.486 e. The lowest BCUT2D eigenvalue weighted by Gasteiger charge is -2.66. The summed E-state index contributed by atoms with van der Waals surface area (Å²) in [7, 11) is 0. The van der Waals surface area contributed by atoms with Crippen LogP contribution in [0.15, 0.2) is 39.8 Å². The van der Waals surface area contributed by atoms with E-state index in [1.54, 1.807) is 30.6 Å². The molecule has 3 aliphatic rings. The first-order valence-corrected chi connectivity index (χ1v) is 13.6. The van der Waals surface area contributed by atoms with Crippen LogP contribution in [-0.4, -0.2) is 40.3 Å². The first-order chi connectivity index (χ1) is 18.3. The summed E-state index contributed by atoms with van der Waals surface area (Å²) in [4.78, 5) is 41.3. The van der Waals surface area contributed by atoms with Crippen molar-refractivity contribution in [3.05, 3.63) is 46.6 Å². The highest BCUT2D eigenvalue weighted by atomic mass is 16.6. The summed E-state index contributed by atoms with van der Waals surface area (Å²) in [6.45, 7) is 11.0. The fourth-order valence-corrected chi connectivity index (χ4v) is 7.95.